The fourth-order valence-corrected chi connectivity index (χ4v) is 3.20. The molecule has 0 aliphatic carbocycles. The van der Waals surface area contributed by atoms with Gasteiger partial charge in [0.25, 0.3) is 5.69 Å². The molecule has 1 aliphatic rings. The Balaban J connectivity index is 1.74. The molecule has 1 N–H and O–H groups in total. The molecule has 0 unspecified atom stereocenters. The number of hydrogen-bond donors (Lipinski definition) is 1. The van der Waals surface area contributed by atoms with Crippen molar-refractivity contribution in [2.45, 2.75) is 20.3 Å². The Hall–Kier alpha value is -3.42. The first kappa shape index (κ1) is 19.3. The predicted octanol–water partition coefficient (Wildman–Crippen LogP) is 3.29. The molecule has 1 saturated heterocycles. The van der Waals surface area contributed by atoms with Crippen LogP contribution in [0, 0.1) is 23.0 Å². The van der Waals surface area contributed by atoms with Crippen molar-refractivity contribution in [3.05, 3.63) is 58.1 Å². The van der Waals surface area contributed by atoms with E-state index in [0.717, 1.165) is 0 Å². The number of para-hydroxylation sites is 2. The van der Waals surface area contributed by atoms with Gasteiger partial charge in [-0.1, -0.05) is 18.2 Å². The highest BCUT2D eigenvalue weighted by Gasteiger charge is 2.36. The van der Waals surface area contributed by atoms with Crippen LogP contribution in [-0.2, 0) is 9.59 Å². The largest absolute Gasteiger partial charge is 0.492 e. The van der Waals surface area contributed by atoms with Gasteiger partial charge in [-0.05, 0) is 32.0 Å². The van der Waals surface area contributed by atoms with Crippen molar-refractivity contribution in [3.63, 3.8) is 0 Å². The lowest BCUT2D eigenvalue weighted by molar-refractivity contribution is -0.385. The number of rotatable bonds is 6. The molecular weight excluding hydrogens is 362 g/mol. The summed E-state index contributed by atoms with van der Waals surface area (Å²) < 4.78 is 5.58. The maximum Gasteiger partial charge on any atom is 0.274 e. The van der Waals surface area contributed by atoms with Crippen LogP contribution in [0.3, 0.4) is 0 Å². The van der Waals surface area contributed by atoms with Crippen LogP contribution in [-0.4, -0.2) is 29.9 Å². The Morgan fingerprint density at radius 1 is 1.32 bits per heavy atom. The first-order chi connectivity index (χ1) is 13.4. The van der Waals surface area contributed by atoms with E-state index < -0.39 is 10.8 Å². The molecule has 8 heteroatoms. The summed E-state index contributed by atoms with van der Waals surface area (Å²) in [6.45, 7) is 4.19. The van der Waals surface area contributed by atoms with E-state index in [2.05, 4.69) is 5.32 Å². The summed E-state index contributed by atoms with van der Waals surface area (Å²) in [5, 5.41) is 13.8. The lowest BCUT2D eigenvalue weighted by atomic mass is 10.1. The molecule has 1 aliphatic heterocycles. The third-order valence-electron chi connectivity index (χ3n) is 4.63. The lowest BCUT2D eigenvalue weighted by Crippen LogP contribution is -2.28. The minimum absolute atomic E-state index is 0.0624. The van der Waals surface area contributed by atoms with E-state index >= 15 is 0 Å². The maximum atomic E-state index is 12.6. The average Bonchev–Trinajstić information content (AvgIpc) is 3.05. The Morgan fingerprint density at radius 3 is 2.79 bits per heavy atom. The highest BCUT2D eigenvalue weighted by Crippen LogP contribution is 2.33. The second kappa shape index (κ2) is 8.08. The van der Waals surface area contributed by atoms with Crippen molar-refractivity contribution in [1.29, 1.82) is 0 Å². The Labute approximate surface area is 162 Å². The number of carbonyl (C=O) groups is 2. The van der Waals surface area contributed by atoms with Crippen molar-refractivity contribution in [2.75, 3.05) is 23.4 Å². The molecule has 2 aromatic rings. The quantitative estimate of drug-likeness (QED) is 0.609. The van der Waals surface area contributed by atoms with Crippen LogP contribution < -0.4 is 15.0 Å². The van der Waals surface area contributed by atoms with Gasteiger partial charge in [-0.15, -0.1) is 0 Å². The SMILES string of the molecule is CCOc1ccccc1N1C[C@H](C(=O)Nc2ccc(C)c([N+](=O)[O-])c2)CC1=O. The zero-order chi connectivity index (χ0) is 20.3. The molecule has 1 heterocycles. The van der Waals surface area contributed by atoms with Gasteiger partial charge in [-0.25, -0.2) is 0 Å². The Morgan fingerprint density at radius 2 is 2.07 bits per heavy atom. The number of nitro benzene ring substituents is 1. The summed E-state index contributed by atoms with van der Waals surface area (Å²) in [5.74, 6) is -0.471. The monoisotopic (exact) mass is 383 g/mol. The summed E-state index contributed by atoms with van der Waals surface area (Å²) >= 11 is 0. The van der Waals surface area contributed by atoms with Crippen molar-refractivity contribution in [3.8, 4) is 5.75 Å². The van der Waals surface area contributed by atoms with E-state index in [-0.39, 0.29) is 30.5 Å². The van der Waals surface area contributed by atoms with Gasteiger partial charge in [0.15, 0.2) is 0 Å². The minimum atomic E-state index is -0.553. The minimum Gasteiger partial charge on any atom is -0.492 e. The topological polar surface area (TPSA) is 102 Å². The molecule has 0 bridgehead atoms. The molecule has 146 valence electrons. The summed E-state index contributed by atoms with van der Waals surface area (Å²) in [6.07, 6.45) is 0.0697. The van der Waals surface area contributed by atoms with Crippen LogP contribution in [0.25, 0.3) is 0 Å². The molecule has 2 aromatic carbocycles. The van der Waals surface area contributed by atoms with E-state index in [1.54, 1.807) is 36.1 Å². The van der Waals surface area contributed by atoms with Crippen LogP contribution in [0.2, 0.25) is 0 Å². The molecular formula is C20H21N3O5. The number of anilines is 2. The van der Waals surface area contributed by atoms with Gasteiger partial charge >= 0.3 is 0 Å². The summed E-state index contributed by atoms with van der Waals surface area (Å²) in [6, 6.07) is 11.7. The zero-order valence-corrected chi connectivity index (χ0v) is 15.7. The average molecular weight is 383 g/mol. The van der Waals surface area contributed by atoms with Crippen molar-refractivity contribution < 1.29 is 19.2 Å². The molecule has 1 atom stereocenters. The van der Waals surface area contributed by atoms with Gasteiger partial charge in [0.05, 0.1) is 23.1 Å². The fourth-order valence-electron chi connectivity index (χ4n) is 3.20. The number of nitrogens with zero attached hydrogens (tertiary/aromatic N) is 2. The third-order valence-corrected chi connectivity index (χ3v) is 4.63. The number of hydrogen-bond acceptors (Lipinski definition) is 5. The molecule has 8 nitrogen and oxygen atoms in total. The van der Waals surface area contributed by atoms with Gasteiger partial charge in [-0.2, -0.15) is 0 Å². The molecule has 0 radical (unpaired) electrons. The third kappa shape index (κ3) is 3.95. The van der Waals surface area contributed by atoms with E-state index in [9.17, 15) is 19.7 Å². The Bertz CT molecular complexity index is 928. The molecule has 2 amide bonds. The summed E-state index contributed by atoms with van der Waals surface area (Å²) in [4.78, 5) is 37.2. The van der Waals surface area contributed by atoms with Gasteiger partial charge in [-0.3, -0.25) is 19.7 Å². The van der Waals surface area contributed by atoms with E-state index in [1.165, 1.54) is 6.07 Å². The van der Waals surface area contributed by atoms with E-state index in [0.29, 0.717) is 29.3 Å². The second-order valence-electron chi connectivity index (χ2n) is 6.55. The molecule has 0 aromatic heterocycles. The molecule has 1 fully saturated rings. The van der Waals surface area contributed by atoms with Crippen molar-refractivity contribution in [2.24, 2.45) is 5.92 Å². The van der Waals surface area contributed by atoms with Gasteiger partial charge in [0, 0.05) is 30.3 Å². The number of ether oxygens (including phenoxy) is 1. The Kier molecular flexibility index (Phi) is 5.58. The summed E-state index contributed by atoms with van der Waals surface area (Å²) in [5.41, 5.74) is 1.42. The van der Waals surface area contributed by atoms with Crippen LogP contribution in [0.5, 0.6) is 5.75 Å². The van der Waals surface area contributed by atoms with Crippen molar-refractivity contribution in [1.82, 2.24) is 0 Å². The predicted molar refractivity (Wildman–Crippen MR) is 105 cm³/mol. The maximum absolute atomic E-state index is 12.6. The highest BCUT2D eigenvalue weighted by molar-refractivity contribution is 6.04. The van der Waals surface area contributed by atoms with E-state index in [1.807, 2.05) is 19.1 Å². The first-order valence-electron chi connectivity index (χ1n) is 8.98. The van der Waals surface area contributed by atoms with Crippen LogP contribution in [0.4, 0.5) is 17.1 Å². The fraction of sp³-hybridized carbons (Fsp3) is 0.300. The zero-order valence-electron chi connectivity index (χ0n) is 15.7. The van der Waals surface area contributed by atoms with Crippen LogP contribution >= 0.6 is 0 Å². The van der Waals surface area contributed by atoms with Crippen LogP contribution in [0.15, 0.2) is 42.5 Å². The van der Waals surface area contributed by atoms with E-state index in [4.69, 9.17) is 4.74 Å². The van der Waals surface area contributed by atoms with Crippen molar-refractivity contribution >= 4 is 28.9 Å². The summed E-state index contributed by atoms with van der Waals surface area (Å²) in [7, 11) is 0. The number of nitrogens with one attached hydrogen (secondary N) is 1. The van der Waals surface area contributed by atoms with Gasteiger partial charge in [0.1, 0.15) is 5.75 Å². The normalized spacial score (nSPS) is 16.1. The molecule has 0 saturated carbocycles. The first-order valence-corrected chi connectivity index (χ1v) is 8.98. The van der Waals surface area contributed by atoms with Gasteiger partial charge < -0.3 is 15.0 Å². The standard InChI is InChI=1S/C20H21N3O5/c1-3-28-18-7-5-4-6-16(18)22-12-14(10-19(22)24)20(25)21-15-9-8-13(2)17(11-15)23(26)27/h4-9,11,14H,3,10,12H2,1-2H3,(H,21,25)/t14-/m1/s1. The number of amides is 2. The number of nitro groups is 1. The smallest absolute Gasteiger partial charge is 0.274 e. The highest BCUT2D eigenvalue weighted by atomic mass is 16.6. The lowest BCUT2D eigenvalue weighted by Gasteiger charge is -2.20. The van der Waals surface area contributed by atoms with Crippen LogP contribution in [0.1, 0.15) is 18.9 Å². The second-order valence-corrected chi connectivity index (χ2v) is 6.55. The van der Waals surface area contributed by atoms with Gasteiger partial charge in [0.2, 0.25) is 11.8 Å². The molecule has 28 heavy (non-hydrogen) atoms. The number of aryl methyl sites for hydroxylation is 1. The number of benzene rings is 2. The molecule has 0 spiro atoms. The molecule has 3 rings (SSSR count). The number of carbonyl (C=O) groups excluding carboxylic acids is 2.